The molecule has 5 nitrogen and oxygen atoms in total. The van der Waals surface area contributed by atoms with Gasteiger partial charge in [-0.1, -0.05) is 12.1 Å². The SMILES string of the molecule is CCOC(=O)CN(C)CCOc1ccccc1OCC. The van der Waals surface area contributed by atoms with E-state index in [9.17, 15) is 4.79 Å². The third-order valence-electron chi connectivity index (χ3n) is 2.58. The van der Waals surface area contributed by atoms with Crippen LogP contribution < -0.4 is 9.47 Å². The van der Waals surface area contributed by atoms with Gasteiger partial charge < -0.3 is 14.2 Å². The monoisotopic (exact) mass is 281 g/mol. The van der Waals surface area contributed by atoms with Gasteiger partial charge in [0.2, 0.25) is 0 Å². The third kappa shape index (κ3) is 5.93. The Labute approximate surface area is 120 Å². The predicted molar refractivity (Wildman–Crippen MR) is 77.2 cm³/mol. The summed E-state index contributed by atoms with van der Waals surface area (Å²) in [6, 6.07) is 7.56. The molecule has 112 valence electrons. The van der Waals surface area contributed by atoms with Gasteiger partial charge in [-0.2, -0.15) is 0 Å². The second-order valence-electron chi connectivity index (χ2n) is 4.27. The smallest absolute Gasteiger partial charge is 0.320 e. The van der Waals surface area contributed by atoms with Crippen molar-refractivity contribution in [1.82, 2.24) is 4.90 Å². The molecule has 0 radical (unpaired) electrons. The van der Waals surface area contributed by atoms with Gasteiger partial charge in [0.05, 0.1) is 19.8 Å². The van der Waals surface area contributed by atoms with Crippen LogP contribution >= 0.6 is 0 Å². The molecule has 1 aromatic carbocycles. The normalized spacial score (nSPS) is 10.4. The maximum Gasteiger partial charge on any atom is 0.320 e. The molecule has 0 spiro atoms. The molecule has 20 heavy (non-hydrogen) atoms. The number of hydrogen-bond donors (Lipinski definition) is 0. The summed E-state index contributed by atoms with van der Waals surface area (Å²) in [6.07, 6.45) is 0. The van der Waals surface area contributed by atoms with Crippen LogP contribution in [0.25, 0.3) is 0 Å². The molecule has 1 rings (SSSR count). The fourth-order valence-electron chi connectivity index (χ4n) is 1.66. The highest BCUT2D eigenvalue weighted by Crippen LogP contribution is 2.26. The molecule has 0 fully saturated rings. The zero-order valence-corrected chi connectivity index (χ0v) is 12.4. The Kier molecular flexibility index (Phi) is 7.50. The minimum atomic E-state index is -0.218. The van der Waals surface area contributed by atoms with Crippen molar-refractivity contribution in [2.45, 2.75) is 13.8 Å². The molecule has 0 saturated carbocycles. The van der Waals surface area contributed by atoms with Gasteiger partial charge in [-0.3, -0.25) is 9.69 Å². The quantitative estimate of drug-likeness (QED) is 0.648. The standard InChI is InChI=1S/C15H23NO4/c1-4-18-13-8-6-7-9-14(13)20-11-10-16(3)12-15(17)19-5-2/h6-9H,4-5,10-12H2,1-3H3. The summed E-state index contributed by atoms with van der Waals surface area (Å²) in [5.74, 6) is 1.24. The Hall–Kier alpha value is -1.75. The Bertz CT molecular complexity index is 409. The van der Waals surface area contributed by atoms with Crippen molar-refractivity contribution >= 4 is 5.97 Å². The van der Waals surface area contributed by atoms with Gasteiger partial charge >= 0.3 is 5.97 Å². The van der Waals surface area contributed by atoms with Crippen LogP contribution in [-0.4, -0.2) is 50.8 Å². The summed E-state index contributed by atoms with van der Waals surface area (Å²) in [5, 5.41) is 0. The van der Waals surface area contributed by atoms with Crippen molar-refractivity contribution in [3.63, 3.8) is 0 Å². The van der Waals surface area contributed by atoms with Crippen LogP contribution in [0.1, 0.15) is 13.8 Å². The molecule has 0 aromatic heterocycles. The van der Waals surface area contributed by atoms with E-state index in [1.54, 1.807) is 6.92 Å². The van der Waals surface area contributed by atoms with Crippen molar-refractivity contribution in [2.75, 3.05) is 40.0 Å². The highest BCUT2D eigenvalue weighted by molar-refractivity contribution is 5.71. The average Bonchev–Trinajstić information content (AvgIpc) is 2.41. The maximum atomic E-state index is 11.3. The number of nitrogens with zero attached hydrogens (tertiary/aromatic N) is 1. The molecule has 0 unspecified atom stereocenters. The lowest BCUT2D eigenvalue weighted by Crippen LogP contribution is -2.31. The second-order valence-corrected chi connectivity index (χ2v) is 4.27. The topological polar surface area (TPSA) is 48.0 Å². The molecule has 0 aliphatic heterocycles. The number of benzene rings is 1. The first-order valence-corrected chi connectivity index (χ1v) is 6.86. The van der Waals surface area contributed by atoms with Crippen LogP contribution in [0.5, 0.6) is 11.5 Å². The summed E-state index contributed by atoms with van der Waals surface area (Å²) < 4.78 is 16.0. The van der Waals surface area contributed by atoms with Crippen LogP contribution in [0.4, 0.5) is 0 Å². The van der Waals surface area contributed by atoms with E-state index >= 15 is 0 Å². The molecule has 0 amide bonds. The maximum absolute atomic E-state index is 11.3. The van der Waals surface area contributed by atoms with E-state index in [2.05, 4.69) is 0 Å². The molecule has 0 bridgehead atoms. The number of carbonyl (C=O) groups is 1. The molecule has 0 saturated heterocycles. The lowest BCUT2D eigenvalue weighted by molar-refractivity contribution is -0.144. The van der Waals surface area contributed by atoms with Crippen LogP contribution in [-0.2, 0) is 9.53 Å². The van der Waals surface area contributed by atoms with Crippen molar-refractivity contribution < 1.29 is 19.0 Å². The van der Waals surface area contributed by atoms with E-state index in [4.69, 9.17) is 14.2 Å². The van der Waals surface area contributed by atoms with Crippen molar-refractivity contribution in [3.8, 4) is 11.5 Å². The van der Waals surface area contributed by atoms with E-state index in [0.29, 0.717) is 26.4 Å². The molecule has 5 heteroatoms. The zero-order valence-electron chi connectivity index (χ0n) is 12.4. The predicted octanol–water partition coefficient (Wildman–Crippen LogP) is 1.96. The summed E-state index contributed by atoms with van der Waals surface area (Å²) in [6.45, 7) is 6.13. The van der Waals surface area contributed by atoms with Crippen LogP contribution in [0, 0.1) is 0 Å². The van der Waals surface area contributed by atoms with E-state index < -0.39 is 0 Å². The number of para-hydroxylation sites is 2. The molecule has 1 aromatic rings. The highest BCUT2D eigenvalue weighted by atomic mass is 16.5. The molecule has 0 heterocycles. The van der Waals surface area contributed by atoms with Crippen molar-refractivity contribution in [1.29, 1.82) is 0 Å². The molecule has 0 N–H and O–H groups in total. The molecule has 0 aliphatic rings. The van der Waals surface area contributed by atoms with Crippen LogP contribution in [0.2, 0.25) is 0 Å². The summed E-state index contributed by atoms with van der Waals surface area (Å²) in [7, 11) is 1.86. The molecule has 0 aliphatic carbocycles. The minimum Gasteiger partial charge on any atom is -0.490 e. The van der Waals surface area contributed by atoms with Gasteiger partial charge in [-0.15, -0.1) is 0 Å². The highest BCUT2D eigenvalue weighted by Gasteiger charge is 2.08. The Morgan fingerprint density at radius 2 is 1.75 bits per heavy atom. The second kappa shape index (κ2) is 9.20. The van der Waals surface area contributed by atoms with E-state index in [1.165, 1.54) is 0 Å². The van der Waals surface area contributed by atoms with E-state index in [1.807, 2.05) is 43.1 Å². The van der Waals surface area contributed by atoms with Gasteiger partial charge in [0, 0.05) is 6.54 Å². The largest absolute Gasteiger partial charge is 0.490 e. The number of likely N-dealkylation sites (N-methyl/N-ethyl adjacent to an activating group) is 1. The van der Waals surface area contributed by atoms with Gasteiger partial charge in [0.15, 0.2) is 11.5 Å². The molecular weight excluding hydrogens is 258 g/mol. The van der Waals surface area contributed by atoms with Gasteiger partial charge in [0.1, 0.15) is 6.61 Å². The summed E-state index contributed by atoms with van der Waals surface area (Å²) in [4.78, 5) is 13.2. The van der Waals surface area contributed by atoms with E-state index in [-0.39, 0.29) is 12.5 Å². The molecular formula is C15H23NO4. The number of ether oxygens (including phenoxy) is 3. The van der Waals surface area contributed by atoms with Gasteiger partial charge in [-0.25, -0.2) is 0 Å². The van der Waals surface area contributed by atoms with Crippen molar-refractivity contribution in [2.24, 2.45) is 0 Å². The average molecular weight is 281 g/mol. The lowest BCUT2D eigenvalue weighted by Gasteiger charge is -2.17. The molecule has 0 atom stereocenters. The Morgan fingerprint density at radius 3 is 2.35 bits per heavy atom. The Balaban J connectivity index is 2.35. The van der Waals surface area contributed by atoms with Crippen molar-refractivity contribution in [3.05, 3.63) is 24.3 Å². The zero-order chi connectivity index (χ0) is 14.8. The van der Waals surface area contributed by atoms with Gasteiger partial charge in [0.25, 0.3) is 0 Å². The number of esters is 1. The number of rotatable bonds is 9. The number of carbonyl (C=O) groups excluding carboxylic acids is 1. The first kappa shape index (κ1) is 16.3. The third-order valence-corrected chi connectivity index (χ3v) is 2.58. The van der Waals surface area contributed by atoms with Crippen LogP contribution in [0.15, 0.2) is 24.3 Å². The van der Waals surface area contributed by atoms with Gasteiger partial charge in [-0.05, 0) is 33.0 Å². The first-order valence-electron chi connectivity index (χ1n) is 6.86. The summed E-state index contributed by atoms with van der Waals surface area (Å²) in [5.41, 5.74) is 0. The summed E-state index contributed by atoms with van der Waals surface area (Å²) >= 11 is 0. The fraction of sp³-hybridized carbons (Fsp3) is 0.533. The van der Waals surface area contributed by atoms with E-state index in [0.717, 1.165) is 11.5 Å². The lowest BCUT2D eigenvalue weighted by atomic mass is 10.3. The minimum absolute atomic E-state index is 0.218. The number of hydrogen-bond acceptors (Lipinski definition) is 5. The fourth-order valence-corrected chi connectivity index (χ4v) is 1.66. The Morgan fingerprint density at radius 1 is 1.10 bits per heavy atom. The van der Waals surface area contributed by atoms with Crippen LogP contribution in [0.3, 0.4) is 0 Å². The first-order chi connectivity index (χ1) is 9.67.